The molecule has 0 unspecified atom stereocenters. The average Bonchev–Trinajstić information content (AvgIpc) is 3.65. The summed E-state index contributed by atoms with van der Waals surface area (Å²) in [5, 5.41) is 0. The number of carbonyl (C=O) groups is 2. The first-order chi connectivity index (χ1) is 18.5. The number of aromatic nitrogens is 2. The molecule has 2 aromatic heterocycles. The van der Waals surface area contributed by atoms with Crippen molar-refractivity contribution < 1.29 is 28.2 Å². The molecule has 4 heterocycles. The van der Waals surface area contributed by atoms with Gasteiger partial charge in [0.1, 0.15) is 18.1 Å². The normalized spacial score (nSPS) is 15.3. The zero-order valence-electron chi connectivity index (χ0n) is 20.9. The van der Waals surface area contributed by atoms with Crippen LogP contribution in [0.5, 0.6) is 11.5 Å². The first-order valence-electron chi connectivity index (χ1n) is 12.4. The van der Waals surface area contributed by atoms with Gasteiger partial charge in [-0.15, -0.1) is 0 Å². The zero-order valence-corrected chi connectivity index (χ0v) is 20.9. The fourth-order valence-electron chi connectivity index (χ4n) is 5.10. The van der Waals surface area contributed by atoms with E-state index in [1.54, 1.807) is 22.8 Å². The lowest BCUT2D eigenvalue weighted by Crippen LogP contribution is -2.49. The highest BCUT2D eigenvalue weighted by atomic mass is 19.1. The molecule has 9 nitrogen and oxygen atoms in total. The number of hydrogen-bond acceptors (Lipinski definition) is 6. The van der Waals surface area contributed by atoms with Crippen LogP contribution in [-0.4, -0.2) is 70.9 Å². The van der Waals surface area contributed by atoms with Crippen LogP contribution in [0.25, 0.3) is 16.7 Å². The minimum Gasteiger partial charge on any atom is -0.464 e. The molecule has 2 aliphatic rings. The van der Waals surface area contributed by atoms with Crippen LogP contribution in [0.2, 0.25) is 0 Å². The summed E-state index contributed by atoms with van der Waals surface area (Å²) in [6.07, 6.45) is 1.84. The van der Waals surface area contributed by atoms with Crippen LogP contribution >= 0.6 is 0 Å². The quantitative estimate of drug-likeness (QED) is 0.364. The first kappa shape index (κ1) is 24.1. The third-order valence-corrected chi connectivity index (χ3v) is 7.12. The van der Waals surface area contributed by atoms with Gasteiger partial charge in [0, 0.05) is 44.6 Å². The number of halogens is 1. The number of amides is 1. The summed E-state index contributed by atoms with van der Waals surface area (Å²) in [5.74, 6) is 0.622. The van der Waals surface area contributed by atoms with Gasteiger partial charge in [0.15, 0.2) is 11.5 Å². The Morgan fingerprint density at radius 3 is 2.45 bits per heavy atom. The topological polar surface area (TPSA) is 78.2 Å². The smallest absolute Gasteiger partial charge is 0.354 e. The maximum absolute atomic E-state index is 13.4. The van der Waals surface area contributed by atoms with Crippen LogP contribution in [0.4, 0.5) is 4.39 Å². The van der Waals surface area contributed by atoms with Gasteiger partial charge >= 0.3 is 5.97 Å². The summed E-state index contributed by atoms with van der Waals surface area (Å²) in [7, 11) is 1.32. The van der Waals surface area contributed by atoms with Gasteiger partial charge in [-0.05, 0) is 54.1 Å². The van der Waals surface area contributed by atoms with Crippen molar-refractivity contribution >= 4 is 22.9 Å². The molecule has 1 amide bonds. The van der Waals surface area contributed by atoms with E-state index in [0.29, 0.717) is 18.8 Å². The highest BCUT2D eigenvalue weighted by Gasteiger charge is 2.26. The molecule has 0 aliphatic carbocycles. The van der Waals surface area contributed by atoms with Crippen LogP contribution in [0, 0.1) is 5.82 Å². The molecule has 0 radical (unpaired) electrons. The third-order valence-electron chi connectivity index (χ3n) is 7.12. The Balaban J connectivity index is 1.16. The lowest BCUT2D eigenvalue weighted by Gasteiger charge is -2.35. The highest BCUT2D eigenvalue weighted by Crippen LogP contribution is 2.33. The number of piperazine rings is 1. The second-order valence-corrected chi connectivity index (χ2v) is 9.38. The predicted molar refractivity (Wildman–Crippen MR) is 137 cm³/mol. The molecule has 10 heteroatoms. The van der Waals surface area contributed by atoms with E-state index in [2.05, 4.69) is 4.90 Å². The van der Waals surface area contributed by atoms with Crippen molar-refractivity contribution in [2.24, 2.45) is 0 Å². The van der Waals surface area contributed by atoms with E-state index in [9.17, 15) is 14.0 Å². The predicted octanol–water partition coefficient (Wildman–Crippen LogP) is 3.43. The van der Waals surface area contributed by atoms with Crippen LogP contribution in [-0.2, 0) is 22.6 Å². The Labute approximate surface area is 218 Å². The van der Waals surface area contributed by atoms with Gasteiger partial charge in [0.05, 0.1) is 18.1 Å². The lowest BCUT2D eigenvalue weighted by molar-refractivity contribution is -0.133. The SMILES string of the molecule is COC(=O)c1cc2c(ccn2-c2ccc(F)cc2)n1CC(=O)N1CCN(Cc2ccc3c(c2)OCO3)CC1. The van der Waals surface area contributed by atoms with Crippen LogP contribution < -0.4 is 9.47 Å². The molecule has 1 saturated heterocycles. The van der Waals surface area contributed by atoms with Gasteiger partial charge in [-0.3, -0.25) is 9.69 Å². The summed E-state index contributed by atoms with van der Waals surface area (Å²) < 4.78 is 32.8. The number of ether oxygens (including phenoxy) is 3. The first-order valence-corrected chi connectivity index (χ1v) is 12.4. The van der Waals surface area contributed by atoms with Crippen molar-refractivity contribution in [2.75, 3.05) is 40.1 Å². The lowest BCUT2D eigenvalue weighted by atomic mass is 10.1. The molecule has 4 aromatic rings. The minimum atomic E-state index is -0.520. The summed E-state index contributed by atoms with van der Waals surface area (Å²) in [6.45, 7) is 3.71. The Kier molecular flexibility index (Phi) is 6.24. The summed E-state index contributed by atoms with van der Waals surface area (Å²) in [5.41, 5.74) is 3.64. The average molecular weight is 519 g/mol. The Morgan fingerprint density at radius 2 is 1.68 bits per heavy atom. The van der Waals surface area contributed by atoms with Crippen molar-refractivity contribution in [1.82, 2.24) is 18.9 Å². The van der Waals surface area contributed by atoms with Crippen molar-refractivity contribution in [3.05, 3.63) is 77.9 Å². The molecule has 0 spiro atoms. The minimum absolute atomic E-state index is 0.0174. The number of nitrogens with zero attached hydrogens (tertiary/aromatic N) is 4. The highest BCUT2D eigenvalue weighted by molar-refractivity contribution is 5.96. The van der Waals surface area contributed by atoms with E-state index in [1.165, 1.54) is 19.2 Å². The number of esters is 1. The second-order valence-electron chi connectivity index (χ2n) is 9.38. The molecule has 0 atom stereocenters. The number of benzene rings is 2. The molecule has 0 bridgehead atoms. The molecule has 1 fully saturated rings. The number of rotatable bonds is 6. The van der Waals surface area contributed by atoms with E-state index >= 15 is 0 Å². The fraction of sp³-hybridized carbons (Fsp3) is 0.286. The van der Waals surface area contributed by atoms with Crippen molar-refractivity contribution in [3.8, 4) is 17.2 Å². The third kappa shape index (κ3) is 4.47. The summed E-state index contributed by atoms with van der Waals surface area (Å²) in [4.78, 5) is 30.1. The Hall–Kier alpha value is -4.31. The van der Waals surface area contributed by atoms with E-state index in [1.807, 2.05) is 39.9 Å². The number of carbonyl (C=O) groups excluding carboxylic acids is 2. The van der Waals surface area contributed by atoms with Gasteiger partial charge in [-0.1, -0.05) is 6.07 Å². The van der Waals surface area contributed by atoms with Gasteiger partial charge in [-0.2, -0.15) is 0 Å². The molecule has 38 heavy (non-hydrogen) atoms. The van der Waals surface area contributed by atoms with E-state index in [4.69, 9.17) is 14.2 Å². The van der Waals surface area contributed by atoms with E-state index in [0.717, 1.165) is 53.4 Å². The molecule has 196 valence electrons. The standard InChI is InChI=1S/C28H27FN4O5/c1-36-28(35)24-15-23-22(8-9-32(23)21-5-3-20(29)4-6-21)33(24)17-27(34)31-12-10-30(11-13-31)16-19-2-7-25-26(14-19)38-18-37-25/h2-9,14-15H,10-13,16-18H2,1H3. The van der Waals surface area contributed by atoms with Gasteiger partial charge < -0.3 is 28.2 Å². The molecular weight excluding hydrogens is 491 g/mol. The number of methoxy groups -OCH3 is 1. The zero-order chi connectivity index (χ0) is 26.2. The van der Waals surface area contributed by atoms with Crippen LogP contribution in [0.15, 0.2) is 60.8 Å². The van der Waals surface area contributed by atoms with Crippen molar-refractivity contribution in [3.63, 3.8) is 0 Å². The molecule has 0 N–H and O–H groups in total. The number of hydrogen-bond donors (Lipinski definition) is 0. The molecule has 0 saturated carbocycles. The van der Waals surface area contributed by atoms with Gasteiger partial charge in [0.25, 0.3) is 0 Å². The maximum atomic E-state index is 13.4. The van der Waals surface area contributed by atoms with E-state index < -0.39 is 5.97 Å². The summed E-state index contributed by atoms with van der Waals surface area (Å²) >= 11 is 0. The molecular formula is C28H27FN4O5. The Bertz CT molecular complexity index is 1500. The molecule has 6 rings (SSSR count). The Morgan fingerprint density at radius 1 is 0.921 bits per heavy atom. The maximum Gasteiger partial charge on any atom is 0.354 e. The van der Waals surface area contributed by atoms with Crippen LogP contribution in [0.3, 0.4) is 0 Å². The fourth-order valence-corrected chi connectivity index (χ4v) is 5.10. The summed E-state index contributed by atoms with van der Waals surface area (Å²) in [6, 6.07) is 15.6. The largest absolute Gasteiger partial charge is 0.464 e. The van der Waals surface area contributed by atoms with Gasteiger partial charge in [0.2, 0.25) is 12.7 Å². The molecule has 2 aromatic carbocycles. The van der Waals surface area contributed by atoms with E-state index in [-0.39, 0.29) is 25.1 Å². The van der Waals surface area contributed by atoms with Crippen molar-refractivity contribution in [2.45, 2.75) is 13.1 Å². The second kappa shape index (κ2) is 9.86. The van der Waals surface area contributed by atoms with Gasteiger partial charge in [-0.25, -0.2) is 9.18 Å². The molecule has 2 aliphatic heterocycles. The van der Waals surface area contributed by atoms with Crippen molar-refractivity contribution in [1.29, 1.82) is 0 Å². The number of fused-ring (bicyclic) bond motifs is 2. The monoisotopic (exact) mass is 518 g/mol. The van der Waals surface area contributed by atoms with Crippen LogP contribution in [0.1, 0.15) is 16.1 Å².